The number of aliphatic carboxylic acids is 1. The van der Waals surface area contributed by atoms with Crippen molar-refractivity contribution in [1.29, 1.82) is 0 Å². The van der Waals surface area contributed by atoms with Crippen LogP contribution in [0.5, 0.6) is 0 Å². The second kappa shape index (κ2) is 7.07. The number of hydrogen-bond donors (Lipinski definition) is 1. The zero-order chi connectivity index (χ0) is 19.8. The number of benzene rings is 1. The van der Waals surface area contributed by atoms with E-state index in [2.05, 4.69) is 10.1 Å². The molecule has 2 aromatic heterocycles. The number of para-hydroxylation sites is 1. The summed E-state index contributed by atoms with van der Waals surface area (Å²) in [6.07, 6.45) is 1.27. The Labute approximate surface area is 162 Å². The summed E-state index contributed by atoms with van der Waals surface area (Å²) in [7, 11) is 0. The maximum Gasteiger partial charge on any atom is 0.308 e. The largest absolute Gasteiger partial charge is 0.481 e. The Morgan fingerprint density at radius 3 is 2.61 bits per heavy atom. The molecule has 0 unspecified atom stereocenters. The molecule has 7 heteroatoms. The standard InChI is InChI=1S/C21H22N4O3/c1-13-16-10-11-18(20(26)24-12-6-9-17(14(24)2)21(27)28)22-19(16)25(23-13)15-7-4-3-5-8-15/h3-5,7-8,10-11,14,17H,6,9,12H2,1-2H3,(H,27,28)/t14-,17-/m1/s1. The molecular weight excluding hydrogens is 356 g/mol. The van der Waals surface area contributed by atoms with Crippen molar-refractivity contribution >= 4 is 22.9 Å². The van der Waals surface area contributed by atoms with Crippen LogP contribution in [0, 0.1) is 12.8 Å². The van der Waals surface area contributed by atoms with Crippen molar-refractivity contribution in [1.82, 2.24) is 19.7 Å². The molecule has 28 heavy (non-hydrogen) atoms. The summed E-state index contributed by atoms with van der Waals surface area (Å²) in [5.41, 5.74) is 2.63. The summed E-state index contributed by atoms with van der Waals surface area (Å²) >= 11 is 0. The predicted octanol–water partition coefficient (Wildman–Crippen LogP) is 3.05. The lowest BCUT2D eigenvalue weighted by atomic mass is 9.90. The van der Waals surface area contributed by atoms with E-state index in [1.807, 2.05) is 43.3 Å². The lowest BCUT2D eigenvalue weighted by molar-refractivity contribution is -0.144. The molecule has 7 nitrogen and oxygen atoms in total. The molecule has 3 aromatic rings. The van der Waals surface area contributed by atoms with E-state index in [0.29, 0.717) is 30.7 Å². The molecule has 1 N–H and O–H groups in total. The Hall–Kier alpha value is -3.22. The van der Waals surface area contributed by atoms with Crippen molar-refractivity contribution in [3.63, 3.8) is 0 Å². The van der Waals surface area contributed by atoms with Gasteiger partial charge in [0.2, 0.25) is 0 Å². The molecule has 1 saturated heterocycles. The zero-order valence-electron chi connectivity index (χ0n) is 15.9. The number of likely N-dealkylation sites (tertiary alicyclic amines) is 1. The first-order chi connectivity index (χ1) is 13.5. The highest BCUT2D eigenvalue weighted by Crippen LogP contribution is 2.26. The number of fused-ring (bicyclic) bond motifs is 1. The number of aromatic nitrogens is 3. The second-order valence-corrected chi connectivity index (χ2v) is 7.23. The number of carboxylic acid groups (broad SMARTS) is 1. The Morgan fingerprint density at radius 1 is 1.14 bits per heavy atom. The quantitative estimate of drug-likeness (QED) is 0.757. The molecule has 3 heterocycles. The molecule has 1 aliphatic heterocycles. The Morgan fingerprint density at radius 2 is 1.89 bits per heavy atom. The predicted molar refractivity (Wildman–Crippen MR) is 104 cm³/mol. The minimum absolute atomic E-state index is 0.237. The molecular formula is C21H22N4O3. The van der Waals surface area contributed by atoms with Crippen molar-refractivity contribution in [2.75, 3.05) is 6.54 Å². The van der Waals surface area contributed by atoms with Gasteiger partial charge in [0.15, 0.2) is 5.65 Å². The van der Waals surface area contributed by atoms with Crippen LogP contribution in [0.1, 0.15) is 35.9 Å². The first kappa shape index (κ1) is 18.2. The molecule has 0 bridgehead atoms. The Kier molecular flexibility index (Phi) is 4.58. The van der Waals surface area contributed by atoms with Crippen LogP contribution in [0.3, 0.4) is 0 Å². The third kappa shape index (κ3) is 3.02. The van der Waals surface area contributed by atoms with Gasteiger partial charge in [0.05, 0.1) is 17.3 Å². The van der Waals surface area contributed by atoms with Crippen molar-refractivity contribution in [3.8, 4) is 5.69 Å². The minimum atomic E-state index is -0.855. The van der Waals surface area contributed by atoms with Gasteiger partial charge in [0.25, 0.3) is 5.91 Å². The Bertz CT molecular complexity index is 1040. The van der Waals surface area contributed by atoms with E-state index in [0.717, 1.165) is 16.8 Å². The summed E-state index contributed by atoms with van der Waals surface area (Å²) in [4.78, 5) is 30.8. The first-order valence-corrected chi connectivity index (χ1v) is 9.43. The smallest absolute Gasteiger partial charge is 0.308 e. The van der Waals surface area contributed by atoms with Crippen LogP contribution in [0.2, 0.25) is 0 Å². The fourth-order valence-corrected chi connectivity index (χ4v) is 3.92. The van der Waals surface area contributed by atoms with Crippen LogP contribution >= 0.6 is 0 Å². The average Bonchev–Trinajstić information content (AvgIpc) is 3.04. The van der Waals surface area contributed by atoms with E-state index in [9.17, 15) is 14.7 Å². The number of piperidine rings is 1. The van der Waals surface area contributed by atoms with Crippen LogP contribution in [0.25, 0.3) is 16.7 Å². The summed E-state index contributed by atoms with van der Waals surface area (Å²) in [5.74, 6) is -1.64. The molecule has 1 amide bonds. The SMILES string of the molecule is Cc1nn(-c2ccccc2)c2nc(C(=O)N3CCC[C@@H](C(=O)O)[C@H]3C)ccc12. The van der Waals surface area contributed by atoms with E-state index in [-0.39, 0.29) is 11.9 Å². The van der Waals surface area contributed by atoms with Gasteiger partial charge in [-0.1, -0.05) is 18.2 Å². The second-order valence-electron chi connectivity index (χ2n) is 7.23. The van der Waals surface area contributed by atoms with Crippen molar-refractivity contribution in [2.45, 2.75) is 32.7 Å². The summed E-state index contributed by atoms with van der Waals surface area (Å²) in [6, 6.07) is 12.9. The number of carbonyl (C=O) groups excluding carboxylic acids is 1. The monoisotopic (exact) mass is 378 g/mol. The maximum absolute atomic E-state index is 13.1. The molecule has 0 aliphatic carbocycles. The van der Waals surface area contributed by atoms with Gasteiger partial charge in [0.1, 0.15) is 5.69 Å². The van der Waals surface area contributed by atoms with Crippen molar-refractivity contribution < 1.29 is 14.7 Å². The summed E-state index contributed by atoms with van der Waals surface area (Å²) < 4.78 is 1.74. The number of rotatable bonds is 3. The van der Waals surface area contributed by atoms with Crippen LogP contribution in [-0.4, -0.2) is 49.2 Å². The lowest BCUT2D eigenvalue weighted by Crippen LogP contribution is -2.49. The Balaban J connectivity index is 1.73. The fourth-order valence-electron chi connectivity index (χ4n) is 3.92. The minimum Gasteiger partial charge on any atom is -0.481 e. The molecule has 1 aromatic carbocycles. The lowest BCUT2D eigenvalue weighted by Gasteiger charge is -2.37. The number of amides is 1. The fraction of sp³-hybridized carbons (Fsp3) is 0.333. The zero-order valence-corrected chi connectivity index (χ0v) is 15.9. The number of carbonyl (C=O) groups is 2. The molecule has 1 fully saturated rings. The first-order valence-electron chi connectivity index (χ1n) is 9.43. The highest BCUT2D eigenvalue weighted by Gasteiger charge is 2.36. The third-order valence-corrected chi connectivity index (χ3v) is 5.50. The van der Waals surface area contributed by atoms with E-state index < -0.39 is 11.9 Å². The van der Waals surface area contributed by atoms with E-state index in [4.69, 9.17) is 0 Å². The van der Waals surface area contributed by atoms with Crippen LogP contribution in [0.4, 0.5) is 0 Å². The maximum atomic E-state index is 13.1. The number of pyridine rings is 1. The van der Waals surface area contributed by atoms with E-state index >= 15 is 0 Å². The number of hydrogen-bond acceptors (Lipinski definition) is 4. The molecule has 4 rings (SSSR count). The van der Waals surface area contributed by atoms with Gasteiger partial charge < -0.3 is 10.0 Å². The molecule has 0 spiro atoms. The highest BCUT2D eigenvalue weighted by molar-refractivity contribution is 5.95. The summed E-state index contributed by atoms with van der Waals surface area (Å²) in [5, 5.41) is 14.9. The number of carboxylic acids is 1. The molecule has 1 aliphatic rings. The van der Waals surface area contributed by atoms with Crippen LogP contribution in [-0.2, 0) is 4.79 Å². The van der Waals surface area contributed by atoms with Gasteiger partial charge in [-0.15, -0.1) is 0 Å². The van der Waals surface area contributed by atoms with E-state index in [1.54, 1.807) is 22.6 Å². The van der Waals surface area contributed by atoms with Gasteiger partial charge in [-0.3, -0.25) is 9.59 Å². The van der Waals surface area contributed by atoms with Gasteiger partial charge in [-0.25, -0.2) is 9.67 Å². The van der Waals surface area contributed by atoms with Gasteiger partial charge in [0, 0.05) is 18.0 Å². The van der Waals surface area contributed by atoms with E-state index in [1.165, 1.54) is 0 Å². The van der Waals surface area contributed by atoms with Gasteiger partial charge >= 0.3 is 5.97 Å². The topological polar surface area (TPSA) is 88.3 Å². The molecule has 2 atom stereocenters. The normalized spacial score (nSPS) is 19.7. The van der Waals surface area contributed by atoms with Crippen molar-refractivity contribution in [2.24, 2.45) is 5.92 Å². The van der Waals surface area contributed by atoms with Gasteiger partial charge in [-0.2, -0.15) is 5.10 Å². The van der Waals surface area contributed by atoms with Crippen LogP contribution in [0.15, 0.2) is 42.5 Å². The molecule has 144 valence electrons. The third-order valence-electron chi connectivity index (χ3n) is 5.50. The van der Waals surface area contributed by atoms with Crippen LogP contribution < -0.4 is 0 Å². The number of nitrogens with zero attached hydrogens (tertiary/aromatic N) is 4. The van der Waals surface area contributed by atoms with Gasteiger partial charge in [-0.05, 0) is 51.0 Å². The number of aryl methyl sites for hydroxylation is 1. The molecule has 0 saturated carbocycles. The highest BCUT2D eigenvalue weighted by atomic mass is 16.4. The summed E-state index contributed by atoms with van der Waals surface area (Å²) in [6.45, 7) is 4.25. The van der Waals surface area contributed by atoms with Crippen molar-refractivity contribution in [3.05, 3.63) is 53.9 Å². The molecule has 0 radical (unpaired) electrons. The average molecular weight is 378 g/mol.